The van der Waals surface area contributed by atoms with Gasteiger partial charge >= 0.3 is 0 Å². The number of nitrogens with zero attached hydrogens (tertiary/aromatic N) is 3. The molecule has 0 aliphatic carbocycles. The molecule has 1 atom stereocenters. The minimum atomic E-state index is 0.617. The molecular weight excluding hydrogens is 176 g/mol. The lowest BCUT2D eigenvalue weighted by atomic mass is 10.0. The van der Waals surface area contributed by atoms with Crippen LogP contribution >= 0.6 is 0 Å². The molecule has 78 valence electrons. The molecule has 0 spiro atoms. The van der Waals surface area contributed by atoms with Crippen LogP contribution in [0.25, 0.3) is 0 Å². The van der Waals surface area contributed by atoms with Crippen molar-refractivity contribution in [2.75, 3.05) is 19.6 Å². The molecule has 1 unspecified atom stereocenters. The zero-order valence-corrected chi connectivity index (χ0v) is 8.69. The van der Waals surface area contributed by atoms with E-state index in [1.807, 2.05) is 10.9 Å². The highest BCUT2D eigenvalue weighted by atomic mass is 15.3. The molecule has 1 aromatic heterocycles. The Morgan fingerprint density at radius 1 is 1.57 bits per heavy atom. The van der Waals surface area contributed by atoms with Crippen LogP contribution in [0.5, 0.6) is 0 Å². The third-order valence-corrected chi connectivity index (χ3v) is 2.92. The predicted octanol–water partition coefficient (Wildman–Crippen LogP) is 0.225. The Kier molecular flexibility index (Phi) is 2.84. The molecule has 1 aliphatic rings. The summed E-state index contributed by atoms with van der Waals surface area (Å²) in [7, 11) is 0. The van der Waals surface area contributed by atoms with Crippen molar-refractivity contribution in [3.05, 3.63) is 18.0 Å². The van der Waals surface area contributed by atoms with Crippen molar-refractivity contribution in [2.24, 2.45) is 5.73 Å². The number of aromatic nitrogens is 2. The molecule has 2 heterocycles. The van der Waals surface area contributed by atoms with E-state index in [0.717, 1.165) is 19.6 Å². The highest BCUT2D eigenvalue weighted by Gasteiger charge is 2.25. The highest BCUT2D eigenvalue weighted by molar-refractivity contribution is 4.99. The number of hydrogen-bond donors (Lipinski definition) is 1. The summed E-state index contributed by atoms with van der Waals surface area (Å²) in [6.07, 6.45) is 5.24. The molecule has 4 heteroatoms. The maximum absolute atomic E-state index is 5.63. The highest BCUT2D eigenvalue weighted by Crippen LogP contribution is 2.15. The van der Waals surface area contributed by atoms with Crippen molar-refractivity contribution in [1.82, 2.24) is 14.7 Å². The van der Waals surface area contributed by atoms with Gasteiger partial charge in [0.05, 0.1) is 12.7 Å². The van der Waals surface area contributed by atoms with Crippen LogP contribution < -0.4 is 5.73 Å². The third-order valence-electron chi connectivity index (χ3n) is 2.92. The zero-order chi connectivity index (χ0) is 9.97. The Labute approximate surface area is 84.7 Å². The third kappa shape index (κ3) is 1.96. The molecule has 1 saturated heterocycles. The molecule has 1 aliphatic heterocycles. The maximum Gasteiger partial charge on any atom is 0.0536 e. The van der Waals surface area contributed by atoms with Crippen molar-refractivity contribution in [2.45, 2.75) is 25.9 Å². The Morgan fingerprint density at radius 3 is 2.93 bits per heavy atom. The van der Waals surface area contributed by atoms with Gasteiger partial charge in [-0.15, -0.1) is 0 Å². The van der Waals surface area contributed by atoms with E-state index in [2.05, 4.69) is 23.1 Å². The second-order valence-corrected chi connectivity index (χ2v) is 3.99. The largest absolute Gasteiger partial charge is 0.329 e. The van der Waals surface area contributed by atoms with Crippen LogP contribution in [0, 0.1) is 6.92 Å². The SMILES string of the molecule is Cc1cnn(CCN2CCC2CN)c1. The first kappa shape index (κ1) is 9.68. The van der Waals surface area contributed by atoms with Gasteiger partial charge in [-0.1, -0.05) is 0 Å². The smallest absolute Gasteiger partial charge is 0.0536 e. The van der Waals surface area contributed by atoms with E-state index < -0.39 is 0 Å². The summed E-state index contributed by atoms with van der Waals surface area (Å²) >= 11 is 0. The minimum Gasteiger partial charge on any atom is -0.329 e. The summed E-state index contributed by atoms with van der Waals surface area (Å²) in [6, 6.07) is 0.617. The van der Waals surface area contributed by atoms with Crippen LogP contribution in [0.1, 0.15) is 12.0 Å². The summed E-state index contributed by atoms with van der Waals surface area (Å²) in [6.45, 7) is 6.10. The van der Waals surface area contributed by atoms with E-state index in [1.54, 1.807) is 0 Å². The quantitative estimate of drug-likeness (QED) is 0.746. The van der Waals surface area contributed by atoms with Crippen molar-refractivity contribution in [3.8, 4) is 0 Å². The average molecular weight is 194 g/mol. The van der Waals surface area contributed by atoms with Crippen LogP contribution in [-0.4, -0.2) is 40.4 Å². The van der Waals surface area contributed by atoms with Gasteiger partial charge in [0.2, 0.25) is 0 Å². The predicted molar refractivity (Wildman–Crippen MR) is 56.0 cm³/mol. The van der Waals surface area contributed by atoms with Gasteiger partial charge in [0.1, 0.15) is 0 Å². The molecule has 1 aromatic rings. The maximum atomic E-state index is 5.63. The van der Waals surface area contributed by atoms with E-state index in [4.69, 9.17) is 5.73 Å². The number of likely N-dealkylation sites (tertiary alicyclic amines) is 1. The van der Waals surface area contributed by atoms with Crippen LogP contribution in [0.2, 0.25) is 0 Å². The van der Waals surface area contributed by atoms with Crippen LogP contribution in [0.4, 0.5) is 0 Å². The summed E-state index contributed by atoms with van der Waals surface area (Å²) in [4.78, 5) is 2.43. The first-order valence-electron chi connectivity index (χ1n) is 5.23. The van der Waals surface area contributed by atoms with E-state index >= 15 is 0 Å². The molecule has 14 heavy (non-hydrogen) atoms. The molecular formula is C10H18N4. The van der Waals surface area contributed by atoms with Gasteiger partial charge in [-0.3, -0.25) is 9.58 Å². The van der Waals surface area contributed by atoms with Crippen molar-refractivity contribution in [3.63, 3.8) is 0 Å². The monoisotopic (exact) mass is 194 g/mol. The zero-order valence-electron chi connectivity index (χ0n) is 8.69. The standard InChI is InChI=1S/C10H18N4/c1-9-7-12-14(8-9)5-4-13-3-2-10(13)6-11/h7-8,10H,2-6,11H2,1H3. The summed E-state index contributed by atoms with van der Waals surface area (Å²) in [5.74, 6) is 0. The molecule has 4 nitrogen and oxygen atoms in total. The lowest BCUT2D eigenvalue weighted by Gasteiger charge is -2.40. The van der Waals surface area contributed by atoms with Crippen molar-refractivity contribution >= 4 is 0 Å². The van der Waals surface area contributed by atoms with Crippen molar-refractivity contribution < 1.29 is 0 Å². The fraction of sp³-hybridized carbons (Fsp3) is 0.700. The molecule has 0 amide bonds. The van der Waals surface area contributed by atoms with Crippen molar-refractivity contribution in [1.29, 1.82) is 0 Å². The van der Waals surface area contributed by atoms with Gasteiger partial charge in [0.25, 0.3) is 0 Å². The molecule has 2 N–H and O–H groups in total. The topological polar surface area (TPSA) is 47.1 Å². The summed E-state index contributed by atoms with van der Waals surface area (Å²) in [5.41, 5.74) is 6.86. The molecule has 0 aromatic carbocycles. The van der Waals surface area contributed by atoms with Crippen LogP contribution in [0.15, 0.2) is 12.4 Å². The van der Waals surface area contributed by atoms with E-state index in [0.29, 0.717) is 6.04 Å². The minimum absolute atomic E-state index is 0.617. The molecule has 1 fully saturated rings. The van der Waals surface area contributed by atoms with E-state index in [9.17, 15) is 0 Å². The van der Waals surface area contributed by atoms with Gasteiger partial charge in [0.15, 0.2) is 0 Å². The van der Waals surface area contributed by atoms with Gasteiger partial charge in [-0.2, -0.15) is 5.10 Å². The summed E-state index contributed by atoms with van der Waals surface area (Å²) in [5, 5.41) is 4.26. The van der Waals surface area contributed by atoms with Crippen LogP contribution in [0.3, 0.4) is 0 Å². The Morgan fingerprint density at radius 2 is 2.43 bits per heavy atom. The number of rotatable bonds is 4. The van der Waals surface area contributed by atoms with E-state index in [1.165, 1.54) is 18.5 Å². The lowest BCUT2D eigenvalue weighted by molar-refractivity contribution is 0.0911. The fourth-order valence-electron chi connectivity index (χ4n) is 1.88. The fourth-order valence-corrected chi connectivity index (χ4v) is 1.88. The Hall–Kier alpha value is -0.870. The average Bonchev–Trinajstić information content (AvgIpc) is 2.51. The molecule has 0 bridgehead atoms. The Balaban J connectivity index is 1.77. The normalized spacial score (nSPS) is 22.3. The Bertz CT molecular complexity index is 292. The second-order valence-electron chi connectivity index (χ2n) is 3.99. The van der Waals surface area contributed by atoms with E-state index in [-0.39, 0.29) is 0 Å². The second kappa shape index (κ2) is 4.11. The van der Waals surface area contributed by atoms with Gasteiger partial charge < -0.3 is 5.73 Å². The molecule has 0 radical (unpaired) electrons. The number of nitrogens with two attached hydrogens (primary N) is 1. The van der Waals surface area contributed by atoms with Gasteiger partial charge in [0, 0.05) is 31.9 Å². The summed E-state index contributed by atoms with van der Waals surface area (Å²) < 4.78 is 2.00. The van der Waals surface area contributed by atoms with Gasteiger partial charge in [-0.25, -0.2) is 0 Å². The first-order chi connectivity index (χ1) is 6.79. The molecule has 2 rings (SSSR count). The van der Waals surface area contributed by atoms with Crippen LogP contribution in [-0.2, 0) is 6.54 Å². The number of hydrogen-bond acceptors (Lipinski definition) is 3. The molecule has 0 saturated carbocycles. The lowest BCUT2D eigenvalue weighted by Crippen LogP contribution is -2.52. The van der Waals surface area contributed by atoms with Gasteiger partial charge in [-0.05, 0) is 18.9 Å². The number of aryl methyl sites for hydroxylation is 1. The first-order valence-corrected chi connectivity index (χ1v) is 5.23.